The van der Waals surface area contributed by atoms with E-state index in [0.29, 0.717) is 6.54 Å². The zero-order chi connectivity index (χ0) is 26.0. The monoisotopic (exact) mass is 494 g/mol. The first-order valence-electron chi connectivity index (χ1n) is 12.8. The standard InChI is InChI=1S/C32H34N2O3/c1-3-30(35)24(2)37-28-19-12-14-25(23-28)13-10-11-22-34-31(36)21-20-29(33-34)32(26-15-6-4-7-16-26)27-17-8-5-9-18-27/h3-9,12,14-21,23-24,32,35H,10-11,13,22H2,1-2H3/b30-3+/t24-/m0/s1. The number of hydrogen-bond donors (Lipinski definition) is 1. The predicted molar refractivity (Wildman–Crippen MR) is 148 cm³/mol. The molecule has 4 aromatic rings. The van der Waals surface area contributed by atoms with E-state index in [-0.39, 0.29) is 23.3 Å². The van der Waals surface area contributed by atoms with Crippen LogP contribution in [0.2, 0.25) is 0 Å². The molecule has 0 spiro atoms. The quantitative estimate of drug-likeness (QED) is 0.187. The van der Waals surface area contributed by atoms with Crippen LogP contribution in [0.25, 0.3) is 0 Å². The molecule has 190 valence electrons. The number of benzene rings is 3. The van der Waals surface area contributed by atoms with Crippen molar-refractivity contribution in [2.24, 2.45) is 0 Å². The van der Waals surface area contributed by atoms with Crippen molar-refractivity contribution in [1.29, 1.82) is 0 Å². The first-order chi connectivity index (χ1) is 18.0. The summed E-state index contributed by atoms with van der Waals surface area (Å²) in [4.78, 5) is 12.6. The van der Waals surface area contributed by atoms with Crippen molar-refractivity contribution in [2.45, 2.75) is 51.7 Å². The molecule has 0 bridgehead atoms. The lowest BCUT2D eigenvalue weighted by molar-refractivity contribution is 0.191. The molecule has 0 aliphatic carbocycles. The van der Waals surface area contributed by atoms with E-state index in [2.05, 4.69) is 30.3 Å². The lowest BCUT2D eigenvalue weighted by atomic mass is 9.88. The van der Waals surface area contributed by atoms with Crippen LogP contribution in [0.5, 0.6) is 5.75 Å². The van der Waals surface area contributed by atoms with E-state index in [0.717, 1.165) is 47.4 Å². The Labute approximate surface area is 218 Å². The molecule has 0 saturated carbocycles. The molecule has 0 saturated heterocycles. The van der Waals surface area contributed by atoms with E-state index in [9.17, 15) is 9.90 Å². The summed E-state index contributed by atoms with van der Waals surface area (Å²) in [5.41, 5.74) is 4.22. The molecule has 0 radical (unpaired) electrons. The van der Waals surface area contributed by atoms with Crippen LogP contribution >= 0.6 is 0 Å². The minimum absolute atomic E-state index is 0.0404. The molecule has 37 heavy (non-hydrogen) atoms. The van der Waals surface area contributed by atoms with E-state index in [4.69, 9.17) is 9.84 Å². The van der Waals surface area contributed by atoms with E-state index in [1.54, 1.807) is 23.7 Å². The van der Waals surface area contributed by atoms with Gasteiger partial charge in [-0.15, -0.1) is 0 Å². The van der Waals surface area contributed by atoms with Crippen molar-refractivity contribution >= 4 is 0 Å². The fraction of sp³-hybridized carbons (Fsp3) is 0.250. The Morgan fingerprint density at radius 1 is 0.919 bits per heavy atom. The summed E-state index contributed by atoms with van der Waals surface area (Å²) in [5.74, 6) is 0.908. The van der Waals surface area contributed by atoms with Gasteiger partial charge in [0.05, 0.1) is 11.6 Å². The minimum Gasteiger partial charge on any atom is -0.509 e. The molecule has 5 heteroatoms. The van der Waals surface area contributed by atoms with Crippen molar-refractivity contribution in [3.8, 4) is 5.75 Å². The van der Waals surface area contributed by atoms with Crippen LogP contribution in [-0.4, -0.2) is 21.0 Å². The van der Waals surface area contributed by atoms with E-state index in [1.165, 1.54) is 0 Å². The maximum atomic E-state index is 12.6. The van der Waals surface area contributed by atoms with Crippen molar-refractivity contribution in [3.05, 3.63) is 142 Å². The summed E-state index contributed by atoms with van der Waals surface area (Å²) < 4.78 is 7.43. The third kappa shape index (κ3) is 6.98. The second-order valence-corrected chi connectivity index (χ2v) is 9.15. The molecule has 0 aliphatic heterocycles. The van der Waals surface area contributed by atoms with Crippen LogP contribution in [-0.2, 0) is 13.0 Å². The van der Waals surface area contributed by atoms with Gasteiger partial charge in [-0.3, -0.25) is 4.79 Å². The number of aromatic nitrogens is 2. The lowest BCUT2D eigenvalue weighted by Gasteiger charge is -2.18. The molecule has 0 amide bonds. The second-order valence-electron chi connectivity index (χ2n) is 9.15. The van der Waals surface area contributed by atoms with Crippen molar-refractivity contribution in [3.63, 3.8) is 0 Å². The van der Waals surface area contributed by atoms with E-state index in [1.807, 2.05) is 67.6 Å². The SMILES string of the molecule is C/C=C(/O)[C@H](C)Oc1cccc(CCCCn2nc(C(c3ccccc3)c3ccccc3)ccc2=O)c1. The maximum absolute atomic E-state index is 12.6. The molecule has 1 heterocycles. The number of nitrogens with zero attached hydrogens (tertiary/aromatic N) is 2. The molecule has 5 nitrogen and oxygen atoms in total. The van der Waals surface area contributed by atoms with Gasteiger partial charge in [0.15, 0.2) is 6.10 Å². The zero-order valence-electron chi connectivity index (χ0n) is 21.5. The van der Waals surface area contributed by atoms with Gasteiger partial charge >= 0.3 is 0 Å². The summed E-state index contributed by atoms with van der Waals surface area (Å²) >= 11 is 0. The number of hydrogen-bond acceptors (Lipinski definition) is 4. The first kappa shape index (κ1) is 26.0. The van der Waals surface area contributed by atoms with Crippen molar-refractivity contribution in [1.82, 2.24) is 9.78 Å². The Bertz CT molecular complexity index is 1320. The Kier molecular flexibility index (Phi) is 8.93. The largest absolute Gasteiger partial charge is 0.509 e. The van der Waals surface area contributed by atoms with Crippen LogP contribution in [0.1, 0.15) is 55.0 Å². The third-order valence-corrected chi connectivity index (χ3v) is 6.46. The van der Waals surface area contributed by atoms with Crippen molar-refractivity contribution in [2.75, 3.05) is 0 Å². The van der Waals surface area contributed by atoms with Crippen LogP contribution in [0, 0.1) is 0 Å². The first-order valence-corrected chi connectivity index (χ1v) is 12.8. The molecule has 4 rings (SSSR count). The minimum atomic E-state index is -0.388. The van der Waals surface area contributed by atoms with Gasteiger partial charge in [0, 0.05) is 12.6 Å². The number of rotatable bonds is 11. The fourth-order valence-electron chi connectivity index (χ4n) is 4.47. The van der Waals surface area contributed by atoms with Crippen LogP contribution in [0.4, 0.5) is 0 Å². The molecule has 0 unspecified atom stereocenters. The van der Waals surface area contributed by atoms with Gasteiger partial charge in [0.1, 0.15) is 11.5 Å². The molecular weight excluding hydrogens is 460 g/mol. The highest BCUT2D eigenvalue weighted by atomic mass is 16.5. The van der Waals surface area contributed by atoms with Gasteiger partial charge < -0.3 is 9.84 Å². The number of unbranched alkanes of at least 4 members (excludes halogenated alkanes) is 1. The Morgan fingerprint density at radius 2 is 1.59 bits per heavy atom. The Hall–Kier alpha value is -4.12. The van der Waals surface area contributed by atoms with E-state index >= 15 is 0 Å². The molecule has 1 N–H and O–H groups in total. The third-order valence-electron chi connectivity index (χ3n) is 6.46. The smallest absolute Gasteiger partial charge is 0.266 e. The highest BCUT2D eigenvalue weighted by molar-refractivity contribution is 5.39. The molecule has 1 aromatic heterocycles. The highest BCUT2D eigenvalue weighted by Gasteiger charge is 2.19. The van der Waals surface area contributed by atoms with Gasteiger partial charge in [0.25, 0.3) is 5.56 Å². The summed E-state index contributed by atoms with van der Waals surface area (Å²) in [6, 6.07) is 32.0. The molecule has 0 fully saturated rings. The van der Waals surface area contributed by atoms with Crippen LogP contribution in [0.3, 0.4) is 0 Å². The lowest BCUT2D eigenvalue weighted by Crippen LogP contribution is -2.24. The second kappa shape index (κ2) is 12.7. The van der Waals surface area contributed by atoms with Crippen molar-refractivity contribution < 1.29 is 9.84 Å². The van der Waals surface area contributed by atoms with Crippen LogP contribution in [0.15, 0.2) is 114 Å². The number of allylic oxidation sites excluding steroid dienone is 1. The normalized spacial score (nSPS) is 12.5. The van der Waals surface area contributed by atoms with Gasteiger partial charge in [-0.25, -0.2) is 4.68 Å². The number of aliphatic hydroxyl groups is 1. The number of aryl methyl sites for hydroxylation is 2. The molecule has 1 atom stereocenters. The fourth-order valence-corrected chi connectivity index (χ4v) is 4.47. The molecule has 3 aromatic carbocycles. The summed E-state index contributed by atoms with van der Waals surface area (Å²) in [7, 11) is 0. The number of ether oxygens (including phenoxy) is 1. The average Bonchev–Trinajstić information content (AvgIpc) is 2.93. The molecular formula is C32H34N2O3. The number of aliphatic hydroxyl groups excluding tert-OH is 1. The summed E-state index contributed by atoms with van der Waals surface area (Å²) in [6.45, 7) is 4.16. The Balaban J connectivity index is 1.43. The van der Waals surface area contributed by atoms with Gasteiger partial charge in [-0.05, 0) is 74.1 Å². The van der Waals surface area contributed by atoms with Gasteiger partial charge in [0.2, 0.25) is 0 Å². The predicted octanol–water partition coefficient (Wildman–Crippen LogP) is 6.68. The molecule has 0 aliphatic rings. The summed E-state index contributed by atoms with van der Waals surface area (Å²) in [6.07, 6.45) is 3.87. The maximum Gasteiger partial charge on any atom is 0.266 e. The Morgan fingerprint density at radius 3 is 2.24 bits per heavy atom. The van der Waals surface area contributed by atoms with Gasteiger partial charge in [-0.2, -0.15) is 5.10 Å². The topological polar surface area (TPSA) is 64.3 Å². The van der Waals surface area contributed by atoms with Gasteiger partial charge in [-0.1, -0.05) is 72.8 Å². The average molecular weight is 495 g/mol. The van der Waals surface area contributed by atoms with E-state index < -0.39 is 0 Å². The highest BCUT2D eigenvalue weighted by Crippen LogP contribution is 2.30. The summed E-state index contributed by atoms with van der Waals surface area (Å²) in [5, 5.41) is 14.6. The van der Waals surface area contributed by atoms with Crippen LogP contribution < -0.4 is 10.3 Å². The zero-order valence-corrected chi connectivity index (χ0v) is 21.5.